The first-order chi connectivity index (χ1) is 9.61. The van der Waals surface area contributed by atoms with Gasteiger partial charge in [-0.2, -0.15) is 0 Å². The maximum absolute atomic E-state index is 12.3. The van der Waals surface area contributed by atoms with E-state index < -0.39 is 0 Å². The number of hydrogen-bond acceptors (Lipinski definition) is 5. The molecule has 0 radical (unpaired) electrons. The van der Waals surface area contributed by atoms with E-state index in [1.54, 1.807) is 18.3 Å². The van der Waals surface area contributed by atoms with E-state index in [0.717, 1.165) is 5.69 Å². The van der Waals surface area contributed by atoms with Crippen molar-refractivity contribution in [2.75, 3.05) is 17.2 Å². The number of anilines is 2. The van der Waals surface area contributed by atoms with Crippen molar-refractivity contribution in [3.63, 3.8) is 0 Å². The van der Waals surface area contributed by atoms with Gasteiger partial charge in [-0.1, -0.05) is 13.8 Å². The summed E-state index contributed by atoms with van der Waals surface area (Å²) in [6.45, 7) is 6.83. The van der Waals surface area contributed by atoms with Crippen molar-refractivity contribution < 1.29 is 4.79 Å². The largest absolute Gasteiger partial charge is 0.370 e. The average Bonchev–Trinajstić information content (AvgIpc) is 2.88. The number of nitrogens with one attached hydrogen (secondary N) is 2. The molecule has 5 nitrogen and oxygen atoms in total. The fourth-order valence-corrected chi connectivity index (χ4v) is 2.54. The van der Waals surface area contributed by atoms with Crippen LogP contribution in [0.1, 0.15) is 42.7 Å². The molecule has 0 aliphatic rings. The minimum Gasteiger partial charge on any atom is -0.370 e. The minimum absolute atomic E-state index is 0.196. The number of nitrogens with zero attached hydrogens (tertiary/aromatic N) is 2. The fourth-order valence-electron chi connectivity index (χ4n) is 1.67. The van der Waals surface area contributed by atoms with Crippen LogP contribution in [-0.4, -0.2) is 22.4 Å². The second-order valence-electron chi connectivity index (χ2n) is 4.62. The molecule has 20 heavy (non-hydrogen) atoms. The Morgan fingerprint density at radius 1 is 1.45 bits per heavy atom. The predicted octanol–water partition coefficient (Wildman–Crippen LogP) is 3.35. The van der Waals surface area contributed by atoms with Gasteiger partial charge >= 0.3 is 0 Å². The van der Waals surface area contributed by atoms with Crippen LogP contribution in [0.15, 0.2) is 23.7 Å². The zero-order valence-corrected chi connectivity index (χ0v) is 12.6. The highest BCUT2D eigenvalue weighted by molar-refractivity contribution is 7.14. The quantitative estimate of drug-likeness (QED) is 0.886. The molecule has 0 spiro atoms. The molecule has 2 heterocycles. The molecule has 0 atom stereocenters. The highest BCUT2D eigenvalue weighted by Crippen LogP contribution is 2.22. The Bertz CT molecular complexity index is 594. The van der Waals surface area contributed by atoms with E-state index in [1.165, 1.54) is 11.3 Å². The van der Waals surface area contributed by atoms with Crippen molar-refractivity contribution in [1.29, 1.82) is 0 Å². The molecule has 2 aromatic rings. The Morgan fingerprint density at radius 2 is 2.25 bits per heavy atom. The Balaban J connectivity index is 2.15. The zero-order valence-electron chi connectivity index (χ0n) is 11.8. The van der Waals surface area contributed by atoms with Crippen LogP contribution >= 0.6 is 11.3 Å². The Labute approximate surface area is 122 Å². The molecular weight excluding hydrogens is 272 g/mol. The number of pyridine rings is 1. The van der Waals surface area contributed by atoms with Crippen LogP contribution < -0.4 is 10.6 Å². The van der Waals surface area contributed by atoms with Gasteiger partial charge in [-0.3, -0.25) is 10.1 Å². The number of amides is 1. The first kappa shape index (κ1) is 14.5. The number of aromatic nitrogens is 2. The summed E-state index contributed by atoms with van der Waals surface area (Å²) >= 11 is 1.44. The molecule has 2 rings (SSSR count). The summed E-state index contributed by atoms with van der Waals surface area (Å²) in [5.74, 6) is 0.749. The summed E-state index contributed by atoms with van der Waals surface area (Å²) in [5.41, 5.74) is 1.51. The first-order valence-corrected chi connectivity index (χ1v) is 7.45. The van der Waals surface area contributed by atoms with E-state index >= 15 is 0 Å². The lowest BCUT2D eigenvalue weighted by molar-refractivity contribution is 0.102. The zero-order chi connectivity index (χ0) is 14.5. The van der Waals surface area contributed by atoms with E-state index in [0.29, 0.717) is 29.0 Å². The van der Waals surface area contributed by atoms with Gasteiger partial charge < -0.3 is 5.32 Å². The van der Waals surface area contributed by atoms with Crippen LogP contribution in [0, 0.1) is 0 Å². The van der Waals surface area contributed by atoms with Gasteiger partial charge in [0.15, 0.2) is 5.13 Å². The summed E-state index contributed by atoms with van der Waals surface area (Å²) < 4.78 is 0. The van der Waals surface area contributed by atoms with Gasteiger partial charge in [-0.05, 0) is 25.0 Å². The summed E-state index contributed by atoms with van der Waals surface area (Å²) in [5, 5.41) is 8.48. The summed E-state index contributed by atoms with van der Waals surface area (Å²) in [4.78, 5) is 20.8. The van der Waals surface area contributed by atoms with Crippen molar-refractivity contribution in [1.82, 2.24) is 9.97 Å². The number of carbonyl (C=O) groups is 1. The van der Waals surface area contributed by atoms with Gasteiger partial charge in [-0.25, -0.2) is 9.97 Å². The number of thiazole rings is 1. The monoisotopic (exact) mass is 290 g/mol. The average molecular weight is 290 g/mol. The smallest absolute Gasteiger partial charge is 0.261 e. The molecule has 0 saturated heterocycles. The third-order valence-corrected chi connectivity index (χ3v) is 3.51. The topological polar surface area (TPSA) is 66.9 Å². The molecule has 0 aliphatic heterocycles. The van der Waals surface area contributed by atoms with Crippen molar-refractivity contribution in [3.8, 4) is 0 Å². The molecule has 2 N–H and O–H groups in total. The molecule has 6 heteroatoms. The molecule has 2 aromatic heterocycles. The van der Waals surface area contributed by atoms with E-state index in [-0.39, 0.29) is 5.91 Å². The Hall–Kier alpha value is -1.95. The van der Waals surface area contributed by atoms with Crippen molar-refractivity contribution >= 4 is 28.2 Å². The molecular formula is C14H18N4OS. The number of rotatable bonds is 5. The van der Waals surface area contributed by atoms with Gasteiger partial charge in [0.1, 0.15) is 5.82 Å². The van der Waals surface area contributed by atoms with Crippen LogP contribution in [0.3, 0.4) is 0 Å². The Kier molecular flexibility index (Phi) is 4.68. The van der Waals surface area contributed by atoms with Crippen molar-refractivity contribution in [3.05, 3.63) is 35.0 Å². The lowest BCUT2D eigenvalue weighted by Gasteiger charge is -2.08. The molecule has 0 unspecified atom stereocenters. The highest BCUT2D eigenvalue weighted by Gasteiger charge is 2.14. The lowest BCUT2D eigenvalue weighted by atomic mass is 10.2. The highest BCUT2D eigenvalue weighted by atomic mass is 32.1. The SMILES string of the molecule is CCNc1ncccc1C(=O)Nc1nc(C(C)C)cs1. The summed E-state index contributed by atoms with van der Waals surface area (Å²) in [7, 11) is 0. The van der Waals surface area contributed by atoms with E-state index in [2.05, 4.69) is 34.4 Å². The third kappa shape index (κ3) is 3.33. The summed E-state index contributed by atoms with van der Waals surface area (Å²) in [6, 6.07) is 3.49. The molecule has 0 aliphatic carbocycles. The molecule has 0 bridgehead atoms. The van der Waals surface area contributed by atoms with Crippen molar-refractivity contribution in [2.24, 2.45) is 0 Å². The number of hydrogen-bond donors (Lipinski definition) is 2. The lowest BCUT2D eigenvalue weighted by Crippen LogP contribution is -2.15. The maximum Gasteiger partial charge on any atom is 0.261 e. The standard InChI is InChI=1S/C14H18N4OS/c1-4-15-12-10(6-5-7-16-12)13(19)18-14-17-11(8-20-14)9(2)3/h5-9H,4H2,1-3H3,(H,15,16)(H,17,18,19). The molecule has 1 amide bonds. The van der Waals surface area contributed by atoms with Gasteiger partial charge in [-0.15, -0.1) is 11.3 Å². The van der Waals surface area contributed by atoms with Crippen LogP contribution in [-0.2, 0) is 0 Å². The summed E-state index contributed by atoms with van der Waals surface area (Å²) in [6.07, 6.45) is 1.66. The maximum atomic E-state index is 12.3. The van der Waals surface area contributed by atoms with Gasteiger partial charge in [0.25, 0.3) is 5.91 Å². The molecule has 0 saturated carbocycles. The second kappa shape index (κ2) is 6.47. The van der Waals surface area contributed by atoms with Crippen LogP contribution in [0.25, 0.3) is 0 Å². The van der Waals surface area contributed by atoms with Gasteiger partial charge in [0, 0.05) is 18.1 Å². The molecule has 0 aromatic carbocycles. The molecule has 106 valence electrons. The van der Waals surface area contributed by atoms with Crippen LogP contribution in [0.5, 0.6) is 0 Å². The fraction of sp³-hybridized carbons (Fsp3) is 0.357. The van der Waals surface area contributed by atoms with E-state index in [1.807, 2.05) is 12.3 Å². The molecule has 0 fully saturated rings. The van der Waals surface area contributed by atoms with Crippen molar-refractivity contribution in [2.45, 2.75) is 26.7 Å². The second-order valence-corrected chi connectivity index (χ2v) is 5.47. The van der Waals surface area contributed by atoms with Gasteiger partial charge in [0.05, 0.1) is 11.3 Å². The minimum atomic E-state index is -0.196. The van der Waals surface area contributed by atoms with Gasteiger partial charge in [0.2, 0.25) is 0 Å². The van der Waals surface area contributed by atoms with Crippen LogP contribution in [0.4, 0.5) is 10.9 Å². The Morgan fingerprint density at radius 3 is 2.90 bits per heavy atom. The van der Waals surface area contributed by atoms with Crippen LogP contribution in [0.2, 0.25) is 0 Å². The predicted molar refractivity (Wildman–Crippen MR) is 82.6 cm³/mol. The number of carbonyl (C=O) groups excluding carboxylic acids is 1. The first-order valence-electron chi connectivity index (χ1n) is 6.57. The normalized spacial score (nSPS) is 10.6. The third-order valence-electron chi connectivity index (χ3n) is 2.73. The van der Waals surface area contributed by atoms with E-state index in [9.17, 15) is 4.79 Å². The van der Waals surface area contributed by atoms with E-state index in [4.69, 9.17) is 0 Å².